The van der Waals surface area contributed by atoms with E-state index >= 15 is 0 Å². The molecule has 0 radical (unpaired) electrons. The average Bonchev–Trinajstić information content (AvgIpc) is 2.87. The zero-order valence-corrected chi connectivity index (χ0v) is 9.85. The highest BCUT2D eigenvalue weighted by atomic mass is 16.2. The number of nitrogens with zero attached hydrogens (tertiary/aromatic N) is 3. The number of hydrogen-bond donors (Lipinski definition) is 0. The van der Waals surface area contributed by atoms with Gasteiger partial charge < -0.3 is 4.90 Å². The zero-order valence-electron chi connectivity index (χ0n) is 9.85. The lowest BCUT2D eigenvalue weighted by Crippen LogP contribution is -2.42. The van der Waals surface area contributed by atoms with Gasteiger partial charge in [0.2, 0.25) is 5.91 Å². The fourth-order valence-electron chi connectivity index (χ4n) is 2.86. The first-order valence-corrected chi connectivity index (χ1v) is 6.05. The lowest BCUT2D eigenvalue weighted by Gasteiger charge is -2.28. The van der Waals surface area contributed by atoms with Crippen molar-refractivity contribution in [3.63, 3.8) is 0 Å². The topological polar surface area (TPSA) is 47.3 Å². The number of rotatable bonds is 4. The molecule has 2 atom stereocenters. The van der Waals surface area contributed by atoms with E-state index in [1.165, 1.54) is 19.3 Å². The summed E-state index contributed by atoms with van der Waals surface area (Å²) in [4.78, 5) is 15.9. The van der Waals surface area contributed by atoms with E-state index in [2.05, 4.69) is 11.0 Å². The van der Waals surface area contributed by atoms with Gasteiger partial charge in [0.05, 0.1) is 19.0 Å². The molecule has 1 amide bonds. The van der Waals surface area contributed by atoms with Crippen molar-refractivity contribution < 1.29 is 4.79 Å². The molecular formula is C12H19N3O. The lowest BCUT2D eigenvalue weighted by atomic mass is 10.1. The Morgan fingerprint density at radius 2 is 2.38 bits per heavy atom. The van der Waals surface area contributed by atoms with Crippen LogP contribution in [0.25, 0.3) is 0 Å². The Labute approximate surface area is 96.8 Å². The highest BCUT2D eigenvalue weighted by molar-refractivity contribution is 5.78. The number of carbonyl (C=O) groups excluding carboxylic acids is 1. The van der Waals surface area contributed by atoms with E-state index in [9.17, 15) is 4.79 Å². The van der Waals surface area contributed by atoms with Crippen molar-refractivity contribution in [2.24, 2.45) is 5.92 Å². The molecule has 4 heteroatoms. The van der Waals surface area contributed by atoms with Gasteiger partial charge in [-0.05, 0) is 25.2 Å². The van der Waals surface area contributed by atoms with Crippen molar-refractivity contribution in [2.75, 3.05) is 26.7 Å². The van der Waals surface area contributed by atoms with Crippen LogP contribution in [0.15, 0.2) is 0 Å². The van der Waals surface area contributed by atoms with Crippen molar-refractivity contribution in [2.45, 2.75) is 31.7 Å². The van der Waals surface area contributed by atoms with E-state index in [1.54, 1.807) is 11.9 Å². The van der Waals surface area contributed by atoms with Gasteiger partial charge in [-0.15, -0.1) is 0 Å². The molecule has 2 rings (SSSR count). The maximum atomic E-state index is 11.9. The molecule has 1 saturated heterocycles. The molecule has 0 spiro atoms. The number of hydrogen-bond acceptors (Lipinski definition) is 3. The molecule has 1 heterocycles. The van der Waals surface area contributed by atoms with Crippen LogP contribution >= 0.6 is 0 Å². The minimum atomic E-state index is 0.155. The Hall–Kier alpha value is -1.08. The number of likely N-dealkylation sites (tertiary alicyclic amines) is 1. The Bertz CT molecular complexity index is 310. The van der Waals surface area contributed by atoms with Crippen molar-refractivity contribution in [1.29, 1.82) is 5.26 Å². The molecule has 0 aromatic heterocycles. The van der Waals surface area contributed by atoms with Gasteiger partial charge >= 0.3 is 0 Å². The molecule has 2 aliphatic rings. The Morgan fingerprint density at radius 1 is 1.56 bits per heavy atom. The largest absolute Gasteiger partial charge is 0.344 e. The van der Waals surface area contributed by atoms with Crippen LogP contribution in [-0.4, -0.2) is 48.4 Å². The molecule has 2 bridgehead atoms. The molecule has 1 aliphatic carbocycles. The van der Waals surface area contributed by atoms with Crippen LogP contribution in [-0.2, 0) is 4.79 Å². The molecule has 4 nitrogen and oxygen atoms in total. The fourth-order valence-corrected chi connectivity index (χ4v) is 2.86. The molecule has 0 N–H and O–H groups in total. The normalized spacial score (nSPS) is 28.0. The summed E-state index contributed by atoms with van der Waals surface area (Å²) < 4.78 is 0. The van der Waals surface area contributed by atoms with E-state index in [1.807, 2.05) is 0 Å². The van der Waals surface area contributed by atoms with Crippen molar-refractivity contribution in [3.05, 3.63) is 0 Å². The molecule has 2 unspecified atom stereocenters. The third-order valence-electron chi connectivity index (χ3n) is 3.85. The Balaban J connectivity index is 1.77. The number of carbonyl (C=O) groups is 1. The van der Waals surface area contributed by atoms with Crippen molar-refractivity contribution >= 4 is 5.91 Å². The van der Waals surface area contributed by atoms with Gasteiger partial charge in [-0.3, -0.25) is 9.69 Å². The molecule has 16 heavy (non-hydrogen) atoms. The van der Waals surface area contributed by atoms with Crippen LogP contribution in [0.3, 0.4) is 0 Å². The quantitative estimate of drug-likeness (QED) is 0.707. The number of fused-ring (bicyclic) bond motifs is 2. The van der Waals surface area contributed by atoms with E-state index in [0.29, 0.717) is 25.6 Å². The molecule has 88 valence electrons. The fraction of sp³-hybridized carbons (Fsp3) is 0.833. The standard InChI is InChI=1S/C12H19N3O/c1-14(6-2-5-13)12(16)9-15-8-10-3-4-11(15)7-10/h10-11H,2-4,6-9H2,1H3. The van der Waals surface area contributed by atoms with Crippen LogP contribution in [0.1, 0.15) is 25.7 Å². The average molecular weight is 221 g/mol. The van der Waals surface area contributed by atoms with Gasteiger partial charge in [-0.25, -0.2) is 0 Å². The maximum Gasteiger partial charge on any atom is 0.236 e. The summed E-state index contributed by atoms with van der Waals surface area (Å²) in [5.41, 5.74) is 0. The van der Waals surface area contributed by atoms with Crippen molar-refractivity contribution in [1.82, 2.24) is 9.80 Å². The maximum absolute atomic E-state index is 11.9. The predicted octanol–water partition coefficient (Wildman–Crippen LogP) is 0.843. The van der Waals surface area contributed by atoms with E-state index < -0.39 is 0 Å². The Kier molecular flexibility index (Phi) is 3.45. The summed E-state index contributed by atoms with van der Waals surface area (Å²) in [7, 11) is 1.79. The van der Waals surface area contributed by atoms with Crippen LogP contribution < -0.4 is 0 Å². The predicted molar refractivity (Wildman–Crippen MR) is 60.6 cm³/mol. The SMILES string of the molecule is CN(CCC#N)C(=O)CN1CC2CCC1C2. The van der Waals surface area contributed by atoms with Crippen LogP contribution in [0, 0.1) is 17.2 Å². The summed E-state index contributed by atoms with van der Waals surface area (Å²) in [6, 6.07) is 2.72. The highest BCUT2D eigenvalue weighted by Gasteiger charge is 2.38. The van der Waals surface area contributed by atoms with Gasteiger partial charge in [-0.1, -0.05) is 0 Å². The van der Waals surface area contributed by atoms with Gasteiger partial charge in [0, 0.05) is 26.2 Å². The number of likely N-dealkylation sites (N-methyl/N-ethyl adjacent to an activating group) is 1. The smallest absolute Gasteiger partial charge is 0.236 e. The first-order valence-electron chi connectivity index (χ1n) is 6.05. The second-order valence-electron chi connectivity index (χ2n) is 4.99. The number of nitriles is 1. The van der Waals surface area contributed by atoms with Crippen LogP contribution in [0.2, 0.25) is 0 Å². The molecule has 0 aromatic rings. The summed E-state index contributed by atoms with van der Waals surface area (Å²) in [6.45, 7) is 2.20. The van der Waals surface area contributed by atoms with E-state index in [-0.39, 0.29) is 5.91 Å². The van der Waals surface area contributed by atoms with Crippen LogP contribution in [0.4, 0.5) is 0 Å². The van der Waals surface area contributed by atoms with E-state index in [0.717, 1.165) is 12.5 Å². The Morgan fingerprint density at radius 3 is 2.94 bits per heavy atom. The second kappa shape index (κ2) is 4.84. The highest BCUT2D eigenvalue weighted by Crippen LogP contribution is 2.36. The van der Waals surface area contributed by atoms with Gasteiger partial charge in [0.15, 0.2) is 0 Å². The molecule has 0 aromatic carbocycles. The molecule has 1 saturated carbocycles. The van der Waals surface area contributed by atoms with Gasteiger partial charge in [-0.2, -0.15) is 5.26 Å². The first kappa shape index (κ1) is 11.4. The third-order valence-corrected chi connectivity index (χ3v) is 3.85. The molecule has 1 aliphatic heterocycles. The lowest BCUT2D eigenvalue weighted by molar-refractivity contribution is -0.131. The number of piperidine rings is 1. The van der Waals surface area contributed by atoms with Gasteiger partial charge in [0.1, 0.15) is 0 Å². The van der Waals surface area contributed by atoms with Crippen molar-refractivity contribution in [3.8, 4) is 6.07 Å². The minimum absolute atomic E-state index is 0.155. The number of amides is 1. The monoisotopic (exact) mass is 221 g/mol. The minimum Gasteiger partial charge on any atom is -0.344 e. The summed E-state index contributed by atoms with van der Waals surface area (Å²) in [5.74, 6) is 0.991. The van der Waals surface area contributed by atoms with Crippen LogP contribution in [0.5, 0.6) is 0 Å². The summed E-state index contributed by atoms with van der Waals surface area (Å²) >= 11 is 0. The van der Waals surface area contributed by atoms with Gasteiger partial charge in [0.25, 0.3) is 0 Å². The molecule has 2 fully saturated rings. The third kappa shape index (κ3) is 2.35. The zero-order chi connectivity index (χ0) is 11.5. The van der Waals surface area contributed by atoms with E-state index in [4.69, 9.17) is 5.26 Å². The molecular weight excluding hydrogens is 202 g/mol. The first-order chi connectivity index (χ1) is 7.70. The summed E-state index contributed by atoms with van der Waals surface area (Å²) in [5, 5.41) is 8.47. The summed E-state index contributed by atoms with van der Waals surface area (Å²) in [6.07, 6.45) is 4.32. The second-order valence-corrected chi connectivity index (χ2v) is 4.99.